The summed E-state index contributed by atoms with van der Waals surface area (Å²) in [5.74, 6) is 2.18. The summed E-state index contributed by atoms with van der Waals surface area (Å²) in [6.45, 7) is 2.69. The summed E-state index contributed by atoms with van der Waals surface area (Å²) in [5.41, 5.74) is 2.11. The molecule has 0 aliphatic heterocycles. The Kier molecular flexibility index (Phi) is 4.81. The van der Waals surface area contributed by atoms with E-state index in [4.69, 9.17) is 0 Å². The first kappa shape index (κ1) is 15.7. The quantitative estimate of drug-likeness (QED) is 0.642. The van der Waals surface area contributed by atoms with E-state index in [1.807, 2.05) is 19.1 Å². The van der Waals surface area contributed by atoms with Crippen molar-refractivity contribution in [2.45, 2.75) is 13.3 Å². The molecule has 0 saturated heterocycles. The third-order valence-electron chi connectivity index (χ3n) is 3.44. The van der Waals surface area contributed by atoms with Gasteiger partial charge in [0.1, 0.15) is 23.7 Å². The molecule has 0 fully saturated rings. The van der Waals surface area contributed by atoms with Crippen molar-refractivity contribution in [2.75, 3.05) is 17.2 Å². The minimum atomic E-state index is 0.277. The number of nitrogens with zero attached hydrogens (tertiary/aromatic N) is 4. The fourth-order valence-corrected chi connectivity index (χ4v) is 2.15. The van der Waals surface area contributed by atoms with E-state index in [-0.39, 0.29) is 5.75 Å². The molecule has 0 amide bonds. The first-order valence-electron chi connectivity index (χ1n) is 7.59. The molecule has 0 aliphatic rings. The van der Waals surface area contributed by atoms with Crippen LogP contribution in [0.4, 0.5) is 17.6 Å². The summed E-state index contributed by atoms with van der Waals surface area (Å²) in [6.07, 6.45) is 5.71. The number of anilines is 3. The Morgan fingerprint density at radius 3 is 2.67 bits per heavy atom. The van der Waals surface area contributed by atoms with Crippen molar-refractivity contribution in [1.82, 2.24) is 19.9 Å². The highest BCUT2D eigenvalue weighted by Gasteiger charge is 2.05. The van der Waals surface area contributed by atoms with E-state index < -0.39 is 0 Å². The van der Waals surface area contributed by atoms with Gasteiger partial charge in [-0.1, -0.05) is 12.1 Å². The molecule has 0 unspecified atom stereocenters. The van der Waals surface area contributed by atoms with Crippen LogP contribution < -0.4 is 10.6 Å². The van der Waals surface area contributed by atoms with Crippen LogP contribution in [0, 0.1) is 6.92 Å². The third-order valence-corrected chi connectivity index (χ3v) is 3.44. The highest BCUT2D eigenvalue weighted by Crippen LogP contribution is 2.16. The fourth-order valence-electron chi connectivity index (χ4n) is 2.15. The van der Waals surface area contributed by atoms with Crippen LogP contribution in [-0.4, -0.2) is 31.6 Å². The Hall–Kier alpha value is -3.22. The van der Waals surface area contributed by atoms with Crippen LogP contribution in [0.15, 0.2) is 49.1 Å². The number of benzene rings is 1. The number of rotatable bonds is 6. The Morgan fingerprint density at radius 1 is 1.08 bits per heavy atom. The molecule has 2 aromatic heterocycles. The van der Waals surface area contributed by atoms with Crippen LogP contribution in [0.5, 0.6) is 5.75 Å². The predicted molar refractivity (Wildman–Crippen MR) is 92.4 cm³/mol. The highest BCUT2D eigenvalue weighted by molar-refractivity contribution is 5.52. The minimum absolute atomic E-state index is 0.277. The van der Waals surface area contributed by atoms with Gasteiger partial charge in [0.25, 0.3) is 0 Å². The molecule has 0 atom stereocenters. The predicted octanol–water partition coefficient (Wildman–Crippen LogP) is 2.68. The Morgan fingerprint density at radius 2 is 1.92 bits per heavy atom. The Balaban J connectivity index is 1.62. The molecule has 7 heteroatoms. The van der Waals surface area contributed by atoms with Gasteiger partial charge in [0.05, 0.1) is 0 Å². The SMILES string of the molecule is Cc1cnc(Nc2ccncn2)nc1NCCc1ccc(O)cc1. The van der Waals surface area contributed by atoms with Crippen molar-refractivity contribution in [2.24, 2.45) is 0 Å². The average Bonchev–Trinajstić information content (AvgIpc) is 2.60. The number of hydrogen-bond donors (Lipinski definition) is 3. The molecule has 3 N–H and O–H groups in total. The lowest BCUT2D eigenvalue weighted by Crippen LogP contribution is -2.09. The second-order valence-corrected chi connectivity index (χ2v) is 5.29. The maximum atomic E-state index is 9.30. The van der Waals surface area contributed by atoms with Crippen molar-refractivity contribution in [3.8, 4) is 5.75 Å². The monoisotopic (exact) mass is 322 g/mol. The maximum Gasteiger partial charge on any atom is 0.230 e. The van der Waals surface area contributed by atoms with Gasteiger partial charge >= 0.3 is 0 Å². The smallest absolute Gasteiger partial charge is 0.230 e. The van der Waals surface area contributed by atoms with Crippen LogP contribution >= 0.6 is 0 Å². The van der Waals surface area contributed by atoms with Crippen molar-refractivity contribution in [1.29, 1.82) is 0 Å². The van der Waals surface area contributed by atoms with E-state index in [2.05, 4.69) is 30.6 Å². The molecule has 0 saturated carbocycles. The molecule has 7 nitrogen and oxygen atoms in total. The highest BCUT2D eigenvalue weighted by atomic mass is 16.3. The van der Waals surface area contributed by atoms with Gasteiger partial charge in [0.2, 0.25) is 5.95 Å². The zero-order valence-corrected chi connectivity index (χ0v) is 13.3. The topological polar surface area (TPSA) is 95.9 Å². The largest absolute Gasteiger partial charge is 0.508 e. The molecule has 2 heterocycles. The standard InChI is InChI=1S/C17H18N6O/c1-12-10-20-17(22-15-7-8-18-11-21-15)23-16(12)19-9-6-13-2-4-14(24)5-3-13/h2-5,7-8,10-11,24H,6,9H2,1H3,(H2,18,19,20,21,22,23). The number of hydrogen-bond acceptors (Lipinski definition) is 7. The molecule has 0 bridgehead atoms. The van der Waals surface area contributed by atoms with Crippen molar-refractivity contribution in [3.63, 3.8) is 0 Å². The molecule has 0 radical (unpaired) electrons. The van der Waals surface area contributed by atoms with Crippen molar-refractivity contribution in [3.05, 3.63) is 60.2 Å². The van der Waals surface area contributed by atoms with Crippen LogP contribution in [0.3, 0.4) is 0 Å². The second kappa shape index (κ2) is 7.36. The molecule has 0 spiro atoms. The zero-order valence-electron chi connectivity index (χ0n) is 13.3. The molecule has 3 aromatic rings. The Labute approximate surface area is 139 Å². The summed E-state index contributed by atoms with van der Waals surface area (Å²) in [7, 11) is 0. The van der Waals surface area contributed by atoms with Gasteiger partial charge in [0, 0.05) is 24.5 Å². The van der Waals surface area contributed by atoms with E-state index in [0.717, 1.165) is 29.9 Å². The summed E-state index contributed by atoms with van der Waals surface area (Å²) in [5, 5.41) is 15.7. The molecule has 3 rings (SSSR count). The lowest BCUT2D eigenvalue weighted by atomic mass is 10.1. The number of aromatic hydroxyl groups is 1. The maximum absolute atomic E-state index is 9.30. The van der Waals surface area contributed by atoms with Gasteiger partial charge in [-0.3, -0.25) is 0 Å². The van der Waals surface area contributed by atoms with E-state index in [0.29, 0.717) is 11.8 Å². The molecule has 24 heavy (non-hydrogen) atoms. The van der Waals surface area contributed by atoms with E-state index in [9.17, 15) is 5.11 Å². The first-order valence-corrected chi connectivity index (χ1v) is 7.59. The summed E-state index contributed by atoms with van der Waals surface area (Å²) >= 11 is 0. The summed E-state index contributed by atoms with van der Waals surface area (Å²) in [4.78, 5) is 16.7. The van der Waals surface area contributed by atoms with Gasteiger partial charge < -0.3 is 15.7 Å². The van der Waals surface area contributed by atoms with Gasteiger partial charge in [-0.2, -0.15) is 4.98 Å². The first-order chi connectivity index (χ1) is 11.7. The lowest BCUT2D eigenvalue weighted by Gasteiger charge is -2.10. The van der Waals surface area contributed by atoms with Crippen LogP contribution in [0.1, 0.15) is 11.1 Å². The van der Waals surface area contributed by atoms with Crippen molar-refractivity contribution < 1.29 is 5.11 Å². The number of nitrogens with one attached hydrogen (secondary N) is 2. The summed E-state index contributed by atoms with van der Waals surface area (Å²) in [6, 6.07) is 8.95. The molecular weight excluding hydrogens is 304 g/mol. The van der Waals surface area contributed by atoms with Gasteiger partial charge in [-0.25, -0.2) is 15.0 Å². The summed E-state index contributed by atoms with van der Waals surface area (Å²) < 4.78 is 0. The molecule has 122 valence electrons. The number of aromatic nitrogens is 4. The van der Waals surface area contributed by atoms with E-state index in [1.165, 1.54) is 6.33 Å². The van der Waals surface area contributed by atoms with Gasteiger partial charge in [0.15, 0.2) is 0 Å². The second-order valence-electron chi connectivity index (χ2n) is 5.29. The van der Waals surface area contributed by atoms with E-state index in [1.54, 1.807) is 30.6 Å². The van der Waals surface area contributed by atoms with Gasteiger partial charge in [-0.05, 0) is 37.1 Å². The van der Waals surface area contributed by atoms with E-state index >= 15 is 0 Å². The Bertz CT molecular complexity index is 792. The lowest BCUT2D eigenvalue weighted by molar-refractivity contribution is 0.475. The molecular formula is C17H18N6O. The molecule has 1 aromatic carbocycles. The number of phenolic OH excluding ortho intramolecular Hbond substituents is 1. The van der Waals surface area contributed by atoms with Gasteiger partial charge in [-0.15, -0.1) is 0 Å². The minimum Gasteiger partial charge on any atom is -0.508 e. The van der Waals surface area contributed by atoms with Crippen molar-refractivity contribution >= 4 is 17.6 Å². The fraction of sp³-hybridized carbons (Fsp3) is 0.176. The number of phenols is 1. The average molecular weight is 322 g/mol. The van der Waals surface area contributed by atoms with Crippen LogP contribution in [-0.2, 0) is 6.42 Å². The van der Waals surface area contributed by atoms with Crippen LogP contribution in [0.25, 0.3) is 0 Å². The molecule has 0 aliphatic carbocycles. The van der Waals surface area contributed by atoms with Crippen LogP contribution in [0.2, 0.25) is 0 Å². The zero-order chi connectivity index (χ0) is 16.8. The third kappa shape index (κ3) is 4.16. The normalized spacial score (nSPS) is 10.4. The number of aryl methyl sites for hydroxylation is 1.